The second-order valence-electron chi connectivity index (χ2n) is 4.17. The molecule has 1 rings (SSSR count). The summed E-state index contributed by atoms with van der Waals surface area (Å²) in [6, 6.07) is 1.78. The van der Waals surface area contributed by atoms with Crippen molar-refractivity contribution in [2.75, 3.05) is 0 Å². The fourth-order valence-corrected chi connectivity index (χ4v) is 1.29. The van der Waals surface area contributed by atoms with Gasteiger partial charge in [0.15, 0.2) is 0 Å². The molecule has 1 amide bonds. The molecule has 1 aromatic heterocycles. The van der Waals surface area contributed by atoms with Crippen LogP contribution in [0.25, 0.3) is 0 Å². The molecular formula is C10H15BrN2O3. The Morgan fingerprint density at radius 2 is 2.25 bits per heavy atom. The van der Waals surface area contributed by atoms with E-state index >= 15 is 0 Å². The van der Waals surface area contributed by atoms with Crippen LogP contribution in [0.15, 0.2) is 21.2 Å². The molecule has 16 heavy (non-hydrogen) atoms. The Bertz CT molecular complexity index is 357. The molecule has 0 atom stereocenters. The molecule has 0 aliphatic heterocycles. The first-order valence-electron chi connectivity index (χ1n) is 4.82. The summed E-state index contributed by atoms with van der Waals surface area (Å²) in [5.41, 5.74) is 4.61. The lowest BCUT2D eigenvalue weighted by Crippen LogP contribution is -2.40. The van der Waals surface area contributed by atoms with Crippen LogP contribution in [-0.2, 0) is 11.3 Å². The Kier molecular flexibility index (Phi) is 4.37. The topological polar surface area (TPSA) is 63.5 Å². The molecule has 5 nitrogen and oxygen atoms in total. The van der Waals surface area contributed by atoms with Crippen molar-refractivity contribution in [2.24, 2.45) is 0 Å². The van der Waals surface area contributed by atoms with Gasteiger partial charge in [-0.1, -0.05) is 0 Å². The third-order valence-corrected chi connectivity index (χ3v) is 2.24. The van der Waals surface area contributed by atoms with Crippen LogP contribution in [0.3, 0.4) is 0 Å². The van der Waals surface area contributed by atoms with Crippen LogP contribution in [0.2, 0.25) is 0 Å². The van der Waals surface area contributed by atoms with Crippen molar-refractivity contribution in [3.05, 3.63) is 22.6 Å². The largest absolute Gasteiger partial charge is 0.467 e. The normalized spacial score (nSPS) is 11.2. The number of nitrogens with one attached hydrogen (secondary N) is 2. The summed E-state index contributed by atoms with van der Waals surface area (Å²) in [6.45, 7) is 5.79. The van der Waals surface area contributed by atoms with Crippen molar-refractivity contribution in [3.63, 3.8) is 0 Å². The van der Waals surface area contributed by atoms with Crippen LogP contribution in [0.5, 0.6) is 0 Å². The van der Waals surface area contributed by atoms with E-state index in [1.165, 1.54) is 0 Å². The number of rotatable bonds is 3. The fourth-order valence-electron chi connectivity index (χ4n) is 0.951. The molecule has 0 saturated carbocycles. The van der Waals surface area contributed by atoms with E-state index in [0.717, 1.165) is 4.47 Å². The first-order chi connectivity index (χ1) is 7.38. The Morgan fingerprint density at radius 1 is 1.56 bits per heavy atom. The Morgan fingerprint density at radius 3 is 2.75 bits per heavy atom. The molecule has 0 aromatic carbocycles. The molecule has 90 valence electrons. The van der Waals surface area contributed by atoms with E-state index < -0.39 is 11.7 Å². The molecule has 2 N–H and O–H groups in total. The second-order valence-corrected chi connectivity index (χ2v) is 5.03. The average Bonchev–Trinajstić information content (AvgIpc) is 2.48. The van der Waals surface area contributed by atoms with Crippen molar-refractivity contribution in [1.82, 2.24) is 10.9 Å². The van der Waals surface area contributed by atoms with Gasteiger partial charge in [-0.05, 0) is 42.8 Å². The number of carbonyl (C=O) groups is 1. The number of ether oxygens (including phenoxy) is 1. The Labute approximate surface area is 103 Å². The van der Waals surface area contributed by atoms with Crippen LogP contribution in [0.1, 0.15) is 26.5 Å². The van der Waals surface area contributed by atoms with Gasteiger partial charge in [0.1, 0.15) is 11.4 Å². The maximum atomic E-state index is 11.2. The lowest BCUT2D eigenvalue weighted by molar-refractivity contribution is 0.0495. The molecular weight excluding hydrogens is 276 g/mol. The van der Waals surface area contributed by atoms with E-state index in [1.54, 1.807) is 33.1 Å². The van der Waals surface area contributed by atoms with Crippen molar-refractivity contribution >= 4 is 22.0 Å². The van der Waals surface area contributed by atoms with E-state index in [4.69, 9.17) is 9.15 Å². The highest BCUT2D eigenvalue weighted by Crippen LogP contribution is 2.16. The summed E-state index contributed by atoms with van der Waals surface area (Å²) < 4.78 is 11.0. The lowest BCUT2D eigenvalue weighted by Gasteiger charge is -2.19. The molecule has 6 heteroatoms. The molecule has 1 heterocycles. The zero-order chi connectivity index (χ0) is 12.2. The number of hydrazine groups is 1. The minimum absolute atomic E-state index is 0.382. The zero-order valence-electron chi connectivity index (χ0n) is 9.46. The molecule has 0 unspecified atom stereocenters. The smallest absolute Gasteiger partial charge is 0.422 e. The number of hydrogen-bond acceptors (Lipinski definition) is 4. The number of furan rings is 1. The minimum atomic E-state index is -0.518. The van der Waals surface area contributed by atoms with Crippen LogP contribution in [0.4, 0.5) is 4.79 Å². The molecule has 0 radical (unpaired) electrons. The first-order valence-corrected chi connectivity index (χ1v) is 5.61. The molecule has 0 aliphatic carbocycles. The van der Waals surface area contributed by atoms with E-state index in [2.05, 4.69) is 26.8 Å². The van der Waals surface area contributed by atoms with Gasteiger partial charge in [0.2, 0.25) is 0 Å². The highest BCUT2D eigenvalue weighted by Gasteiger charge is 2.15. The van der Waals surface area contributed by atoms with Gasteiger partial charge in [-0.15, -0.1) is 0 Å². The fraction of sp³-hybridized carbons (Fsp3) is 0.500. The average molecular weight is 291 g/mol. The Hall–Kier alpha value is -1.01. The van der Waals surface area contributed by atoms with Crippen molar-refractivity contribution < 1.29 is 13.9 Å². The summed E-state index contributed by atoms with van der Waals surface area (Å²) in [5.74, 6) is 0.705. The summed E-state index contributed by atoms with van der Waals surface area (Å²) in [4.78, 5) is 11.2. The first kappa shape index (κ1) is 13.1. The van der Waals surface area contributed by atoms with Gasteiger partial charge in [-0.25, -0.2) is 10.2 Å². The van der Waals surface area contributed by atoms with E-state index in [-0.39, 0.29) is 0 Å². The quantitative estimate of drug-likeness (QED) is 0.840. The van der Waals surface area contributed by atoms with E-state index in [9.17, 15) is 4.79 Å². The number of hydrogen-bond donors (Lipinski definition) is 2. The standard InChI is InChI=1S/C10H15BrN2O3/c1-10(2,3)16-9(14)13-12-6-8-7(11)4-5-15-8/h4-5,12H,6H2,1-3H3,(H,13,14). The summed E-state index contributed by atoms with van der Waals surface area (Å²) in [7, 11) is 0. The zero-order valence-corrected chi connectivity index (χ0v) is 11.1. The van der Waals surface area contributed by atoms with Gasteiger partial charge in [0, 0.05) is 0 Å². The molecule has 0 spiro atoms. The highest BCUT2D eigenvalue weighted by molar-refractivity contribution is 9.10. The molecule has 0 aliphatic rings. The van der Waals surface area contributed by atoms with Gasteiger partial charge >= 0.3 is 6.09 Å². The summed E-state index contributed by atoms with van der Waals surface area (Å²) in [5, 5.41) is 0. The number of carbonyl (C=O) groups excluding carboxylic acids is 1. The van der Waals surface area contributed by atoms with E-state index in [1.807, 2.05) is 0 Å². The third-order valence-electron chi connectivity index (χ3n) is 1.53. The van der Waals surface area contributed by atoms with Crippen molar-refractivity contribution in [3.8, 4) is 0 Å². The van der Waals surface area contributed by atoms with Gasteiger partial charge in [0.25, 0.3) is 0 Å². The number of halogens is 1. The van der Waals surface area contributed by atoms with Gasteiger partial charge in [-0.3, -0.25) is 5.43 Å². The molecule has 0 bridgehead atoms. The summed E-state index contributed by atoms with van der Waals surface area (Å²) in [6.07, 6.45) is 1.05. The molecule has 0 fully saturated rings. The Balaban J connectivity index is 2.26. The summed E-state index contributed by atoms with van der Waals surface area (Å²) >= 11 is 3.30. The predicted octanol–water partition coefficient (Wildman–Crippen LogP) is 2.57. The van der Waals surface area contributed by atoms with Crippen molar-refractivity contribution in [1.29, 1.82) is 0 Å². The maximum Gasteiger partial charge on any atom is 0.422 e. The van der Waals surface area contributed by atoms with Crippen LogP contribution in [0, 0.1) is 0 Å². The van der Waals surface area contributed by atoms with Gasteiger partial charge in [-0.2, -0.15) is 0 Å². The second kappa shape index (κ2) is 5.36. The van der Waals surface area contributed by atoms with Crippen LogP contribution >= 0.6 is 15.9 Å². The van der Waals surface area contributed by atoms with Crippen LogP contribution < -0.4 is 10.9 Å². The number of amides is 1. The van der Waals surface area contributed by atoms with Crippen molar-refractivity contribution in [2.45, 2.75) is 32.9 Å². The predicted molar refractivity (Wildman–Crippen MR) is 62.6 cm³/mol. The SMILES string of the molecule is CC(C)(C)OC(=O)NNCc1occc1Br. The lowest BCUT2D eigenvalue weighted by atomic mass is 10.2. The third kappa shape index (κ3) is 4.67. The monoisotopic (exact) mass is 290 g/mol. The van der Waals surface area contributed by atoms with Crippen LogP contribution in [-0.4, -0.2) is 11.7 Å². The maximum absolute atomic E-state index is 11.2. The molecule has 1 aromatic rings. The van der Waals surface area contributed by atoms with Gasteiger partial charge < -0.3 is 9.15 Å². The highest BCUT2D eigenvalue weighted by atomic mass is 79.9. The molecule has 0 saturated heterocycles. The minimum Gasteiger partial charge on any atom is -0.467 e. The van der Waals surface area contributed by atoms with Gasteiger partial charge in [0.05, 0.1) is 17.3 Å². The van der Waals surface area contributed by atoms with E-state index in [0.29, 0.717) is 12.3 Å².